The average molecular weight is 434 g/mol. The van der Waals surface area contributed by atoms with E-state index in [1.54, 1.807) is 11.5 Å². The minimum Gasteiger partial charge on any atom is -0.506 e. The molecule has 28 heavy (non-hydrogen) atoms. The van der Waals surface area contributed by atoms with Crippen LogP contribution in [0.15, 0.2) is 76.0 Å². The van der Waals surface area contributed by atoms with Crippen molar-refractivity contribution in [2.75, 3.05) is 0 Å². The average Bonchev–Trinajstić information content (AvgIpc) is 3.08. The van der Waals surface area contributed by atoms with Crippen molar-refractivity contribution in [3.8, 4) is 16.9 Å². The number of aromatic nitrogens is 1. The highest BCUT2D eigenvalue weighted by Gasteiger charge is 2.29. The van der Waals surface area contributed by atoms with E-state index >= 15 is 0 Å². The van der Waals surface area contributed by atoms with Gasteiger partial charge in [0.05, 0.1) is 15.7 Å². The zero-order valence-corrected chi connectivity index (χ0v) is 17.4. The maximum absolute atomic E-state index is 13.6. The number of fused-ring (bicyclic) bond motifs is 3. The van der Waals surface area contributed by atoms with E-state index in [2.05, 4.69) is 34.6 Å². The van der Waals surface area contributed by atoms with Gasteiger partial charge in [-0.1, -0.05) is 49.0 Å². The van der Waals surface area contributed by atoms with Gasteiger partial charge in [0.2, 0.25) is 0 Å². The molecule has 0 spiro atoms. The van der Waals surface area contributed by atoms with E-state index in [4.69, 9.17) is 0 Å². The molecule has 1 aliphatic carbocycles. The molecule has 0 saturated carbocycles. The summed E-state index contributed by atoms with van der Waals surface area (Å²) < 4.78 is 2.17. The van der Waals surface area contributed by atoms with Gasteiger partial charge in [0.15, 0.2) is 0 Å². The lowest BCUT2D eigenvalue weighted by molar-refractivity contribution is 0.508. The van der Waals surface area contributed by atoms with Crippen LogP contribution in [0, 0.1) is 6.92 Å². The predicted molar refractivity (Wildman–Crippen MR) is 118 cm³/mol. The van der Waals surface area contributed by atoms with Crippen molar-refractivity contribution in [3.05, 3.63) is 104 Å². The van der Waals surface area contributed by atoms with Crippen LogP contribution in [0.25, 0.3) is 22.7 Å². The monoisotopic (exact) mass is 433 g/mol. The molecule has 3 nitrogen and oxygen atoms in total. The Morgan fingerprint density at radius 3 is 2.43 bits per heavy atom. The summed E-state index contributed by atoms with van der Waals surface area (Å²) in [7, 11) is 0. The molecule has 0 bridgehead atoms. The third kappa shape index (κ3) is 2.76. The zero-order chi connectivity index (χ0) is 20.0. The molecule has 1 aromatic heterocycles. The maximum Gasteiger partial charge on any atom is 0.266 e. The number of aliphatic hydroxyl groups excluding tert-OH is 1. The Labute approximate surface area is 172 Å². The van der Waals surface area contributed by atoms with E-state index in [9.17, 15) is 9.90 Å². The molecule has 1 heterocycles. The second kappa shape index (κ2) is 6.95. The lowest BCUT2D eigenvalue weighted by Crippen LogP contribution is -2.26. The largest absolute Gasteiger partial charge is 0.506 e. The van der Waals surface area contributed by atoms with Crippen molar-refractivity contribution in [2.45, 2.75) is 20.3 Å². The molecule has 0 saturated heterocycles. The van der Waals surface area contributed by atoms with Crippen LogP contribution in [-0.2, 0) is 6.42 Å². The van der Waals surface area contributed by atoms with Crippen LogP contribution in [0.4, 0.5) is 0 Å². The number of halogens is 1. The van der Waals surface area contributed by atoms with E-state index < -0.39 is 0 Å². The third-order valence-electron chi connectivity index (χ3n) is 5.23. The Hall–Kier alpha value is -2.85. The molecular weight excluding hydrogens is 414 g/mol. The summed E-state index contributed by atoms with van der Waals surface area (Å²) in [5.41, 5.74) is 6.53. The number of hydrogen-bond acceptors (Lipinski definition) is 2. The Morgan fingerprint density at radius 1 is 1.11 bits per heavy atom. The molecule has 4 rings (SSSR count). The number of nitrogens with zero attached hydrogens (tertiary/aromatic N) is 1. The SMILES string of the molecule is C=C(C)/C(Br)=C(/O)c1c(C)c2c(n(-c3ccccc3)c1=O)-c1ccccc1C2. The second-order valence-corrected chi connectivity index (χ2v) is 7.87. The molecule has 0 amide bonds. The van der Waals surface area contributed by atoms with Crippen molar-refractivity contribution < 1.29 is 5.11 Å². The first-order valence-corrected chi connectivity index (χ1v) is 9.88. The van der Waals surface area contributed by atoms with Crippen LogP contribution in [-0.4, -0.2) is 9.67 Å². The molecule has 0 fully saturated rings. The predicted octanol–water partition coefficient (Wildman–Crippen LogP) is 5.91. The minimum absolute atomic E-state index is 0.0709. The lowest BCUT2D eigenvalue weighted by Gasteiger charge is -2.19. The summed E-state index contributed by atoms with van der Waals surface area (Å²) in [5.74, 6) is -0.0709. The highest BCUT2D eigenvalue weighted by atomic mass is 79.9. The Morgan fingerprint density at radius 2 is 1.75 bits per heavy atom. The van der Waals surface area contributed by atoms with Gasteiger partial charge in [0.25, 0.3) is 5.56 Å². The molecule has 1 aliphatic rings. The van der Waals surface area contributed by atoms with Gasteiger partial charge in [0.1, 0.15) is 5.76 Å². The minimum atomic E-state index is -0.241. The molecule has 4 heteroatoms. The fourth-order valence-electron chi connectivity index (χ4n) is 3.85. The molecule has 1 N–H and O–H groups in total. The molecule has 0 aliphatic heterocycles. The molecule has 2 aromatic carbocycles. The molecular formula is C24H20BrNO2. The maximum atomic E-state index is 13.6. The lowest BCUT2D eigenvalue weighted by atomic mass is 9.99. The number of benzene rings is 2. The molecule has 0 unspecified atom stereocenters. The number of para-hydroxylation sites is 1. The Kier molecular flexibility index (Phi) is 4.60. The number of hydrogen-bond donors (Lipinski definition) is 1. The highest BCUT2D eigenvalue weighted by molar-refractivity contribution is 9.12. The van der Waals surface area contributed by atoms with Gasteiger partial charge in [-0.05, 0) is 64.2 Å². The van der Waals surface area contributed by atoms with Crippen molar-refractivity contribution in [1.29, 1.82) is 0 Å². The van der Waals surface area contributed by atoms with Gasteiger partial charge in [-0.2, -0.15) is 0 Å². The van der Waals surface area contributed by atoms with E-state index in [-0.39, 0.29) is 11.3 Å². The van der Waals surface area contributed by atoms with Crippen LogP contribution in [0.1, 0.15) is 29.2 Å². The third-order valence-corrected chi connectivity index (χ3v) is 6.28. The highest BCUT2D eigenvalue weighted by Crippen LogP contribution is 2.40. The van der Waals surface area contributed by atoms with Gasteiger partial charge in [-0.3, -0.25) is 9.36 Å². The van der Waals surface area contributed by atoms with Gasteiger partial charge in [-0.15, -0.1) is 0 Å². The van der Waals surface area contributed by atoms with Crippen LogP contribution in [0.2, 0.25) is 0 Å². The number of allylic oxidation sites excluding steroid dienone is 2. The van der Waals surface area contributed by atoms with Crippen molar-refractivity contribution in [3.63, 3.8) is 0 Å². The number of aliphatic hydroxyl groups is 1. The first kappa shape index (κ1) is 18.5. The summed E-state index contributed by atoms with van der Waals surface area (Å²) in [6, 6.07) is 17.7. The van der Waals surface area contributed by atoms with Crippen LogP contribution in [0.5, 0.6) is 0 Å². The van der Waals surface area contributed by atoms with Crippen LogP contribution < -0.4 is 5.56 Å². The first-order valence-electron chi connectivity index (χ1n) is 9.09. The van der Waals surface area contributed by atoms with E-state index in [0.29, 0.717) is 15.6 Å². The first-order chi connectivity index (χ1) is 13.4. The van der Waals surface area contributed by atoms with Crippen LogP contribution >= 0.6 is 15.9 Å². The van der Waals surface area contributed by atoms with Gasteiger partial charge in [-0.25, -0.2) is 0 Å². The van der Waals surface area contributed by atoms with E-state index in [1.807, 2.05) is 49.4 Å². The topological polar surface area (TPSA) is 42.2 Å². The summed E-state index contributed by atoms with van der Waals surface area (Å²) in [6.45, 7) is 7.57. The zero-order valence-electron chi connectivity index (χ0n) is 15.8. The standard InChI is InChI=1S/C24H20BrNO2/c1-14(2)21(25)23(27)20-15(3)19-13-16-9-7-8-12-18(16)22(19)26(24(20)28)17-10-5-4-6-11-17/h4-12,27H,1,13H2,2-3H3/b23-21-. The summed E-state index contributed by atoms with van der Waals surface area (Å²) >= 11 is 3.38. The van der Waals surface area contributed by atoms with Gasteiger partial charge >= 0.3 is 0 Å². The van der Waals surface area contributed by atoms with Gasteiger partial charge in [0, 0.05) is 17.7 Å². The van der Waals surface area contributed by atoms with Gasteiger partial charge < -0.3 is 5.11 Å². The molecule has 0 radical (unpaired) electrons. The van der Waals surface area contributed by atoms with E-state index in [0.717, 1.165) is 34.5 Å². The van der Waals surface area contributed by atoms with Crippen LogP contribution in [0.3, 0.4) is 0 Å². The summed E-state index contributed by atoms with van der Waals surface area (Å²) in [5, 5.41) is 10.9. The smallest absolute Gasteiger partial charge is 0.266 e. The molecule has 140 valence electrons. The normalized spacial score (nSPS) is 13.0. The van der Waals surface area contributed by atoms with Crippen molar-refractivity contribution in [2.24, 2.45) is 0 Å². The Bertz CT molecular complexity index is 1200. The summed E-state index contributed by atoms with van der Waals surface area (Å²) in [6.07, 6.45) is 0.732. The number of pyridine rings is 1. The van der Waals surface area contributed by atoms with Crippen molar-refractivity contribution in [1.82, 2.24) is 4.57 Å². The van der Waals surface area contributed by atoms with Crippen molar-refractivity contribution >= 4 is 21.7 Å². The fourth-order valence-corrected chi connectivity index (χ4v) is 4.04. The molecule has 0 atom stereocenters. The second-order valence-electron chi connectivity index (χ2n) is 7.08. The quantitative estimate of drug-likeness (QED) is 0.322. The number of rotatable bonds is 3. The fraction of sp³-hybridized carbons (Fsp3) is 0.125. The Balaban J connectivity index is 2.16. The summed E-state index contributed by atoms with van der Waals surface area (Å²) in [4.78, 5) is 13.6. The molecule has 3 aromatic rings. The van der Waals surface area contributed by atoms with E-state index in [1.165, 1.54) is 5.56 Å².